The first-order valence-corrected chi connectivity index (χ1v) is 18.9. The maximum atomic E-state index is 6.55. The summed E-state index contributed by atoms with van der Waals surface area (Å²) in [6.45, 7) is 8.88. The van der Waals surface area contributed by atoms with Gasteiger partial charge in [0.2, 0.25) is 0 Å². The Kier molecular flexibility index (Phi) is 8.16. The second-order valence-corrected chi connectivity index (χ2v) is 21.3. The number of hydrogen-bond acceptors (Lipinski definition) is 3. The molecule has 0 bridgehead atoms. The van der Waals surface area contributed by atoms with E-state index in [0.717, 1.165) is 28.8 Å². The molecule has 4 heteroatoms. The van der Waals surface area contributed by atoms with Gasteiger partial charge in [0.1, 0.15) is 0 Å². The van der Waals surface area contributed by atoms with Gasteiger partial charge in [0.25, 0.3) is 0 Å². The van der Waals surface area contributed by atoms with Gasteiger partial charge >= 0.3 is 180 Å². The van der Waals surface area contributed by atoms with Crippen LogP contribution in [0.4, 0.5) is 0 Å². The Morgan fingerprint density at radius 1 is 0.586 bits per heavy atom. The van der Waals surface area contributed by atoms with Crippen molar-refractivity contribution in [1.82, 2.24) is 0 Å². The molecule has 0 aromatic carbocycles. The third kappa shape index (κ3) is 5.42. The van der Waals surface area contributed by atoms with Crippen LogP contribution in [0.3, 0.4) is 0 Å². The summed E-state index contributed by atoms with van der Waals surface area (Å²) in [6, 6.07) is 12.3. The van der Waals surface area contributed by atoms with Crippen LogP contribution in [0.1, 0.15) is 65.1 Å². The van der Waals surface area contributed by atoms with Crippen LogP contribution < -0.4 is 3.78 Å². The van der Waals surface area contributed by atoms with E-state index in [9.17, 15) is 0 Å². The fraction of sp³-hybridized carbons (Fsp3) is 0.520. The van der Waals surface area contributed by atoms with Gasteiger partial charge < -0.3 is 0 Å². The molecule has 3 aromatic heterocycles. The van der Waals surface area contributed by atoms with E-state index in [-0.39, 0.29) is 0 Å². The molecule has 0 radical (unpaired) electrons. The standard InChI is InChI=1S/C13H9O3.3C4H9.Sn/c1-9-4-5-12(15-9)13-7-6-11(16-13)10-3-2-8-14-10;3*1-3-4-2;/h2-7H,1H3;3*1,3-4H2,2H3;. The van der Waals surface area contributed by atoms with Gasteiger partial charge in [-0.15, -0.1) is 0 Å². The molecular weight excluding hydrogens is 467 g/mol. The third-order valence-corrected chi connectivity index (χ3v) is 21.0. The average molecular weight is 503 g/mol. The second-order valence-electron chi connectivity index (χ2n) is 8.33. The number of aryl methyl sites for hydroxylation is 1. The van der Waals surface area contributed by atoms with Crippen LogP contribution in [0.2, 0.25) is 13.3 Å². The zero-order chi connectivity index (χ0) is 20.7. The maximum absolute atomic E-state index is 6.55. The van der Waals surface area contributed by atoms with Crippen molar-refractivity contribution in [3.8, 4) is 23.0 Å². The molecule has 3 nitrogen and oxygen atoms in total. The van der Waals surface area contributed by atoms with Crippen LogP contribution in [-0.4, -0.2) is 18.4 Å². The van der Waals surface area contributed by atoms with Crippen molar-refractivity contribution >= 4 is 22.2 Å². The van der Waals surface area contributed by atoms with Crippen molar-refractivity contribution in [3.05, 3.63) is 42.2 Å². The molecule has 3 aromatic rings. The van der Waals surface area contributed by atoms with Gasteiger partial charge in [-0.3, -0.25) is 0 Å². The first-order valence-electron chi connectivity index (χ1n) is 11.4. The molecular formula is C25H36O3Sn. The molecule has 3 rings (SSSR count). The molecule has 0 aliphatic rings. The minimum atomic E-state index is -2.54. The molecule has 0 aliphatic carbocycles. The summed E-state index contributed by atoms with van der Waals surface area (Å²) in [5.41, 5.74) is 0. The fourth-order valence-electron chi connectivity index (χ4n) is 4.22. The summed E-state index contributed by atoms with van der Waals surface area (Å²) in [5, 5.41) is 0. The van der Waals surface area contributed by atoms with Gasteiger partial charge in [0.15, 0.2) is 0 Å². The van der Waals surface area contributed by atoms with Crippen LogP contribution in [0.15, 0.2) is 49.6 Å². The minimum absolute atomic E-state index is 0.753. The molecule has 29 heavy (non-hydrogen) atoms. The molecule has 0 amide bonds. The van der Waals surface area contributed by atoms with Crippen molar-refractivity contribution in [1.29, 1.82) is 0 Å². The predicted molar refractivity (Wildman–Crippen MR) is 123 cm³/mol. The summed E-state index contributed by atoms with van der Waals surface area (Å²) in [4.78, 5) is 0. The Morgan fingerprint density at radius 3 is 1.52 bits per heavy atom. The quantitative estimate of drug-likeness (QED) is 0.234. The molecule has 0 aliphatic heterocycles. The van der Waals surface area contributed by atoms with Crippen molar-refractivity contribution in [2.75, 3.05) is 0 Å². The van der Waals surface area contributed by atoms with Crippen LogP contribution in [0.25, 0.3) is 23.0 Å². The number of rotatable bonds is 12. The monoisotopic (exact) mass is 504 g/mol. The van der Waals surface area contributed by atoms with E-state index in [4.69, 9.17) is 13.3 Å². The number of furan rings is 3. The molecule has 0 atom stereocenters. The Morgan fingerprint density at radius 2 is 1.03 bits per heavy atom. The summed E-state index contributed by atoms with van der Waals surface area (Å²) in [6.07, 6.45) is 7.82. The number of hydrogen-bond donors (Lipinski definition) is 0. The van der Waals surface area contributed by atoms with Crippen molar-refractivity contribution in [2.45, 2.75) is 79.5 Å². The normalized spacial score (nSPS) is 12.0. The van der Waals surface area contributed by atoms with Gasteiger partial charge in [-0.25, -0.2) is 0 Å². The van der Waals surface area contributed by atoms with E-state index < -0.39 is 18.4 Å². The predicted octanol–water partition coefficient (Wildman–Crippen LogP) is 8.16. The zero-order valence-electron chi connectivity index (χ0n) is 18.6. The van der Waals surface area contributed by atoms with Gasteiger partial charge in [-0.2, -0.15) is 0 Å². The van der Waals surface area contributed by atoms with Gasteiger partial charge in [-0.05, 0) is 0 Å². The van der Waals surface area contributed by atoms with Gasteiger partial charge in [0.05, 0.1) is 0 Å². The van der Waals surface area contributed by atoms with Crippen molar-refractivity contribution in [3.63, 3.8) is 0 Å². The summed E-state index contributed by atoms with van der Waals surface area (Å²) in [7, 11) is 0. The molecule has 0 saturated carbocycles. The first-order chi connectivity index (χ1) is 14.1. The fourth-order valence-corrected chi connectivity index (χ4v) is 19.5. The molecule has 0 saturated heterocycles. The van der Waals surface area contributed by atoms with E-state index in [2.05, 4.69) is 32.9 Å². The van der Waals surface area contributed by atoms with Crippen LogP contribution in [-0.2, 0) is 0 Å². The SMILES string of the molecule is CCC[CH2][Sn]([CH2]CCC)([CH2]CCC)[c]1ccc(-c2ccc(-c3ccc(C)o3)o2)o1. The van der Waals surface area contributed by atoms with Gasteiger partial charge in [0, 0.05) is 0 Å². The summed E-state index contributed by atoms with van der Waals surface area (Å²) >= 11 is -2.54. The molecule has 0 fully saturated rings. The zero-order valence-corrected chi connectivity index (χ0v) is 21.4. The Labute approximate surface area is 179 Å². The summed E-state index contributed by atoms with van der Waals surface area (Å²) in [5.74, 6) is 4.06. The molecule has 3 heterocycles. The Balaban J connectivity index is 1.88. The molecule has 158 valence electrons. The third-order valence-electron chi connectivity index (χ3n) is 5.99. The Bertz CT molecular complexity index is 848. The van der Waals surface area contributed by atoms with E-state index in [1.807, 2.05) is 31.2 Å². The van der Waals surface area contributed by atoms with Crippen LogP contribution >= 0.6 is 0 Å². The van der Waals surface area contributed by atoms with E-state index in [0.29, 0.717) is 0 Å². The van der Waals surface area contributed by atoms with E-state index >= 15 is 0 Å². The van der Waals surface area contributed by atoms with Gasteiger partial charge in [-0.1, -0.05) is 0 Å². The van der Waals surface area contributed by atoms with E-state index in [1.165, 1.54) is 55.6 Å². The van der Waals surface area contributed by atoms with E-state index in [1.54, 1.807) is 0 Å². The average Bonchev–Trinajstić information content (AvgIpc) is 3.47. The molecule has 0 unspecified atom stereocenters. The molecule has 0 N–H and O–H groups in total. The molecule has 0 spiro atoms. The number of unbranched alkanes of at least 4 members (excludes halogenated alkanes) is 3. The topological polar surface area (TPSA) is 39.4 Å². The van der Waals surface area contributed by atoms with Crippen LogP contribution in [0.5, 0.6) is 0 Å². The summed E-state index contributed by atoms with van der Waals surface area (Å²) < 4.78 is 23.9. The first kappa shape index (κ1) is 22.3. The van der Waals surface area contributed by atoms with Crippen LogP contribution in [0, 0.1) is 6.92 Å². The Hall–Kier alpha value is -1.36. The van der Waals surface area contributed by atoms with Crippen molar-refractivity contribution < 1.29 is 13.3 Å². The van der Waals surface area contributed by atoms with Crippen molar-refractivity contribution in [2.24, 2.45) is 0 Å². The second kappa shape index (κ2) is 10.6.